The molecule has 0 fully saturated rings. The Morgan fingerprint density at radius 3 is 2.62 bits per heavy atom. The highest BCUT2D eigenvalue weighted by atomic mass is 16.7. The molecule has 34 heavy (non-hydrogen) atoms. The summed E-state index contributed by atoms with van der Waals surface area (Å²) in [7, 11) is 0. The third-order valence-electron chi connectivity index (χ3n) is 5.71. The predicted molar refractivity (Wildman–Crippen MR) is 125 cm³/mol. The largest absolute Gasteiger partial charge is 0.454 e. The smallest absolute Gasteiger partial charge is 0.250 e. The second-order valence-electron chi connectivity index (χ2n) is 7.93. The Balaban J connectivity index is 1.22. The fourth-order valence-corrected chi connectivity index (χ4v) is 4.04. The quantitative estimate of drug-likeness (QED) is 0.411. The van der Waals surface area contributed by atoms with Crippen LogP contribution < -0.4 is 14.8 Å². The molecule has 0 saturated heterocycles. The van der Waals surface area contributed by atoms with Gasteiger partial charge in [-0.05, 0) is 35.9 Å². The van der Waals surface area contributed by atoms with E-state index in [0.29, 0.717) is 24.1 Å². The van der Waals surface area contributed by atoms with E-state index in [1.54, 1.807) is 0 Å². The Labute approximate surface area is 194 Å². The molecule has 1 N–H and O–H groups in total. The minimum Gasteiger partial charge on any atom is -0.454 e. The normalized spacial score (nSPS) is 12.2. The van der Waals surface area contributed by atoms with Crippen LogP contribution in [0, 0.1) is 0 Å². The highest BCUT2D eigenvalue weighted by Crippen LogP contribution is 2.33. The second-order valence-corrected chi connectivity index (χ2v) is 7.93. The number of para-hydroxylation sites is 1. The molecule has 1 aliphatic rings. The minimum atomic E-state index is -0.111. The van der Waals surface area contributed by atoms with Gasteiger partial charge in [0.1, 0.15) is 6.54 Å². The van der Waals surface area contributed by atoms with Gasteiger partial charge in [-0.1, -0.05) is 42.5 Å². The van der Waals surface area contributed by atoms with Crippen LogP contribution in [0.4, 0.5) is 0 Å². The second kappa shape index (κ2) is 8.40. The van der Waals surface area contributed by atoms with Crippen molar-refractivity contribution in [3.63, 3.8) is 0 Å². The van der Waals surface area contributed by atoms with Crippen LogP contribution in [0.15, 0.2) is 83.4 Å². The van der Waals surface area contributed by atoms with Crippen LogP contribution in [0.25, 0.3) is 33.8 Å². The number of benzene rings is 3. The average Bonchev–Trinajstić information content (AvgIpc) is 3.62. The SMILES string of the molecule is O=C(Cn1cc(-c2nnc(-c3ccccc3)o2)c2ccccc21)NCc1ccc2c(c1)OCO2. The zero-order chi connectivity index (χ0) is 22.9. The molecule has 0 spiro atoms. The number of fused-ring (bicyclic) bond motifs is 2. The van der Waals surface area contributed by atoms with Gasteiger partial charge in [-0.15, -0.1) is 10.2 Å². The molecule has 0 aliphatic carbocycles. The van der Waals surface area contributed by atoms with Gasteiger partial charge >= 0.3 is 0 Å². The van der Waals surface area contributed by atoms with Crippen molar-refractivity contribution in [3.05, 3.63) is 84.6 Å². The monoisotopic (exact) mass is 452 g/mol. The van der Waals surface area contributed by atoms with Crippen LogP contribution in [0.1, 0.15) is 5.56 Å². The molecule has 6 rings (SSSR count). The van der Waals surface area contributed by atoms with Gasteiger partial charge < -0.3 is 23.8 Å². The van der Waals surface area contributed by atoms with Crippen molar-refractivity contribution in [2.45, 2.75) is 13.1 Å². The lowest BCUT2D eigenvalue weighted by Gasteiger charge is -2.08. The maximum absolute atomic E-state index is 12.8. The molecule has 0 atom stereocenters. The van der Waals surface area contributed by atoms with E-state index in [9.17, 15) is 4.79 Å². The number of ether oxygens (including phenoxy) is 2. The number of nitrogens with one attached hydrogen (secondary N) is 1. The van der Waals surface area contributed by atoms with E-state index in [1.807, 2.05) is 83.6 Å². The maximum Gasteiger partial charge on any atom is 0.250 e. The number of carbonyl (C=O) groups is 1. The molecular formula is C26H20N4O4. The summed E-state index contributed by atoms with van der Waals surface area (Å²) in [6.45, 7) is 0.775. The van der Waals surface area contributed by atoms with E-state index >= 15 is 0 Å². The lowest BCUT2D eigenvalue weighted by molar-refractivity contribution is -0.121. The first-order valence-electron chi connectivity index (χ1n) is 10.9. The third kappa shape index (κ3) is 3.75. The van der Waals surface area contributed by atoms with Gasteiger partial charge in [0, 0.05) is 29.2 Å². The summed E-state index contributed by atoms with van der Waals surface area (Å²) in [5.41, 5.74) is 3.49. The van der Waals surface area contributed by atoms with E-state index < -0.39 is 0 Å². The molecule has 0 unspecified atom stereocenters. The summed E-state index contributed by atoms with van der Waals surface area (Å²) in [4.78, 5) is 12.8. The van der Waals surface area contributed by atoms with Crippen molar-refractivity contribution in [1.82, 2.24) is 20.1 Å². The number of aromatic nitrogens is 3. The van der Waals surface area contributed by atoms with Gasteiger partial charge in [-0.25, -0.2) is 0 Å². The summed E-state index contributed by atoms with van der Waals surface area (Å²) in [6.07, 6.45) is 1.88. The van der Waals surface area contributed by atoms with E-state index in [-0.39, 0.29) is 19.2 Å². The first kappa shape index (κ1) is 20.0. The van der Waals surface area contributed by atoms with Crippen LogP contribution in [-0.2, 0) is 17.9 Å². The first-order chi connectivity index (χ1) is 16.7. The molecule has 0 saturated carbocycles. The fourth-order valence-electron chi connectivity index (χ4n) is 4.04. The van der Waals surface area contributed by atoms with Crippen molar-refractivity contribution < 1.29 is 18.7 Å². The van der Waals surface area contributed by atoms with Gasteiger partial charge in [-0.2, -0.15) is 0 Å². The van der Waals surface area contributed by atoms with Crippen molar-refractivity contribution in [3.8, 4) is 34.4 Å². The molecule has 2 aromatic heterocycles. The number of hydrogen-bond acceptors (Lipinski definition) is 6. The van der Waals surface area contributed by atoms with Crippen LogP contribution in [-0.4, -0.2) is 27.5 Å². The Morgan fingerprint density at radius 2 is 1.71 bits per heavy atom. The summed E-state index contributed by atoms with van der Waals surface area (Å²) in [6, 6.07) is 23.1. The zero-order valence-electron chi connectivity index (χ0n) is 18.1. The molecule has 0 radical (unpaired) electrons. The standard InChI is InChI=1S/C26H20N4O4/c31-24(27-13-17-10-11-22-23(12-17)33-16-32-22)15-30-14-20(19-8-4-5-9-21(19)30)26-29-28-25(34-26)18-6-2-1-3-7-18/h1-12,14H,13,15-16H2,(H,27,31). The van der Waals surface area contributed by atoms with Crippen LogP contribution in [0.2, 0.25) is 0 Å². The zero-order valence-corrected chi connectivity index (χ0v) is 18.1. The van der Waals surface area contributed by atoms with E-state index in [2.05, 4.69) is 15.5 Å². The summed E-state index contributed by atoms with van der Waals surface area (Å²) >= 11 is 0. The lowest BCUT2D eigenvalue weighted by atomic mass is 10.2. The van der Waals surface area contributed by atoms with Crippen LogP contribution in [0.3, 0.4) is 0 Å². The van der Waals surface area contributed by atoms with E-state index in [0.717, 1.165) is 33.3 Å². The summed E-state index contributed by atoms with van der Waals surface area (Å²) < 4.78 is 18.6. The number of carbonyl (C=O) groups excluding carboxylic acids is 1. The Kier molecular flexibility index (Phi) is 4.95. The number of nitrogens with zero attached hydrogens (tertiary/aromatic N) is 3. The topological polar surface area (TPSA) is 91.4 Å². The fraction of sp³-hybridized carbons (Fsp3) is 0.115. The maximum atomic E-state index is 12.8. The van der Waals surface area contributed by atoms with Crippen molar-refractivity contribution >= 4 is 16.8 Å². The molecule has 8 nitrogen and oxygen atoms in total. The van der Waals surface area contributed by atoms with Gasteiger partial charge in [0.15, 0.2) is 11.5 Å². The van der Waals surface area contributed by atoms with Gasteiger partial charge in [-0.3, -0.25) is 4.79 Å². The Hall–Kier alpha value is -4.59. The van der Waals surface area contributed by atoms with Crippen molar-refractivity contribution in [2.75, 3.05) is 6.79 Å². The number of rotatable bonds is 6. The van der Waals surface area contributed by atoms with Gasteiger partial charge in [0.25, 0.3) is 0 Å². The van der Waals surface area contributed by atoms with Gasteiger partial charge in [0.05, 0.1) is 5.56 Å². The Morgan fingerprint density at radius 1 is 0.912 bits per heavy atom. The van der Waals surface area contributed by atoms with Crippen molar-refractivity contribution in [2.24, 2.45) is 0 Å². The predicted octanol–water partition coefficient (Wildman–Crippen LogP) is 4.40. The molecule has 1 aliphatic heterocycles. The molecular weight excluding hydrogens is 432 g/mol. The molecule has 3 aromatic carbocycles. The van der Waals surface area contributed by atoms with Crippen LogP contribution >= 0.6 is 0 Å². The minimum absolute atomic E-state index is 0.111. The summed E-state index contributed by atoms with van der Waals surface area (Å²) in [5, 5.41) is 12.4. The summed E-state index contributed by atoms with van der Waals surface area (Å²) in [5.74, 6) is 2.17. The third-order valence-corrected chi connectivity index (χ3v) is 5.71. The van der Waals surface area contributed by atoms with Crippen LogP contribution in [0.5, 0.6) is 11.5 Å². The highest BCUT2D eigenvalue weighted by molar-refractivity contribution is 5.95. The Bertz CT molecular complexity index is 1490. The number of hydrogen-bond donors (Lipinski definition) is 1. The first-order valence-corrected chi connectivity index (χ1v) is 10.9. The molecule has 3 heterocycles. The lowest BCUT2D eigenvalue weighted by Crippen LogP contribution is -2.26. The number of amides is 1. The molecule has 5 aromatic rings. The van der Waals surface area contributed by atoms with E-state index in [1.165, 1.54) is 0 Å². The molecule has 8 heteroatoms. The average molecular weight is 452 g/mol. The highest BCUT2D eigenvalue weighted by Gasteiger charge is 2.18. The van der Waals surface area contributed by atoms with Crippen molar-refractivity contribution in [1.29, 1.82) is 0 Å². The molecule has 168 valence electrons. The van der Waals surface area contributed by atoms with Gasteiger partial charge in [0.2, 0.25) is 24.5 Å². The molecule has 1 amide bonds. The molecule has 0 bridgehead atoms. The van der Waals surface area contributed by atoms with E-state index in [4.69, 9.17) is 13.9 Å².